The molecule has 0 radical (unpaired) electrons. The molecule has 21 heavy (non-hydrogen) atoms. The Kier molecular flexibility index (Phi) is 4.08. The van der Waals surface area contributed by atoms with E-state index in [0.717, 1.165) is 11.3 Å². The van der Waals surface area contributed by atoms with E-state index in [1.54, 1.807) is 0 Å². The van der Waals surface area contributed by atoms with E-state index in [4.69, 9.17) is 0 Å². The van der Waals surface area contributed by atoms with Crippen molar-refractivity contribution in [3.05, 3.63) is 43.6 Å². The average Bonchev–Trinajstić information content (AvgIpc) is 2.94. The lowest BCUT2D eigenvalue weighted by molar-refractivity contribution is -0.385. The number of hydrogen-bond acceptors (Lipinski definition) is 6. The molecule has 0 saturated heterocycles. The Morgan fingerprint density at radius 1 is 1.62 bits per heavy atom. The molecule has 0 saturated carbocycles. The molecule has 2 aromatic heterocycles. The second-order valence-electron chi connectivity index (χ2n) is 4.00. The van der Waals surface area contributed by atoms with Gasteiger partial charge in [0, 0.05) is 7.05 Å². The summed E-state index contributed by atoms with van der Waals surface area (Å²) < 4.78 is 14.0. The minimum absolute atomic E-state index is 0.259. The van der Waals surface area contributed by atoms with Crippen LogP contribution in [0.2, 0.25) is 0 Å². The van der Waals surface area contributed by atoms with E-state index >= 15 is 0 Å². The topological polar surface area (TPSA) is 102 Å². The molecular weight excluding hydrogens is 301 g/mol. The van der Waals surface area contributed by atoms with Gasteiger partial charge in [-0.15, -0.1) is 11.3 Å². The Labute approximate surface area is 122 Å². The van der Waals surface area contributed by atoms with Crippen LogP contribution in [0.3, 0.4) is 0 Å². The lowest BCUT2D eigenvalue weighted by Crippen LogP contribution is -2.19. The van der Waals surface area contributed by atoms with Gasteiger partial charge in [0.2, 0.25) is 5.69 Å². The van der Waals surface area contributed by atoms with Gasteiger partial charge in [-0.3, -0.25) is 19.6 Å². The summed E-state index contributed by atoms with van der Waals surface area (Å²) in [6.07, 6.45) is 1.24. The van der Waals surface area contributed by atoms with E-state index in [0.29, 0.717) is 4.88 Å². The molecule has 0 aliphatic carbocycles. The summed E-state index contributed by atoms with van der Waals surface area (Å²) in [5, 5.41) is 18.0. The molecular formula is C11H10FN5O3S. The van der Waals surface area contributed by atoms with Gasteiger partial charge in [0.15, 0.2) is 5.13 Å². The van der Waals surface area contributed by atoms with Crippen LogP contribution < -0.4 is 5.43 Å². The Hall–Kier alpha value is -2.62. The van der Waals surface area contributed by atoms with Crippen LogP contribution in [0.1, 0.15) is 21.1 Å². The standard InChI is InChI=1S/C11H10FN5O3S/c1-6-10(17(19)20)9(15-16(6)2)11(18)14-13-5-7-3-4-8(12)21-7/h3-5H,1-2H3,(H,14,18). The van der Waals surface area contributed by atoms with Crippen LogP contribution in [0, 0.1) is 22.2 Å². The molecule has 2 aromatic rings. The van der Waals surface area contributed by atoms with Gasteiger partial charge in [0.25, 0.3) is 5.91 Å². The number of carbonyl (C=O) groups excluding carboxylic acids is 1. The minimum Gasteiger partial charge on any atom is -0.265 e. The Bertz CT molecular complexity index is 736. The quantitative estimate of drug-likeness (QED) is 0.526. The molecule has 0 unspecified atom stereocenters. The fourth-order valence-electron chi connectivity index (χ4n) is 1.57. The number of nitro groups is 1. The Balaban J connectivity index is 2.16. The first-order valence-electron chi connectivity index (χ1n) is 5.67. The van der Waals surface area contributed by atoms with Crippen LogP contribution in [-0.4, -0.2) is 26.8 Å². The molecule has 1 N–H and O–H groups in total. The highest BCUT2D eigenvalue weighted by atomic mass is 32.1. The van der Waals surface area contributed by atoms with Crippen molar-refractivity contribution >= 4 is 29.1 Å². The number of nitrogens with zero attached hydrogens (tertiary/aromatic N) is 4. The van der Waals surface area contributed by atoms with E-state index in [2.05, 4.69) is 15.6 Å². The van der Waals surface area contributed by atoms with E-state index in [1.165, 1.54) is 37.0 Å². The van der Waals surface area contributed by atoms with Crippen molar-refractivity contribution in [1.29, 1.82) is 0 Å². The van der Waals surface area contributed by atoms with Gasteiger partial charge < -0.3 is 0 Å². The number of carbonyl (C=O) groups is 1. The second-order valence-corrected chi connectivity index (χ2v) is 5.07. The molecule has 2 heterocycles. The summed E-state index contributed by atoms with van der Waals surface area (Å²) in [6, 6.07) is 2.75. The van der Waals surface area contributed by atoms with Crippen molar-refractivity contribution in [2.45, 2.75) is 6.92 Å². The monoisotopic (exact) mass is 311 g/mol. The maximum absolute atomic E-state index is 12.7. The van der Waals surface area contributed by atoms with Crippen molar-refractivity contribution in [3.8, 4) is 0 Å². The zero-order valence-corrected chi connectivity index (χ0v) is 11.8. The van der Waals surface area contributed by atoms with Crippen LogP contribution in [0.15, 0.2) is 17.2 Å². The fraction of sp³-hybridized carbons (Fsp3) is 0.182. The maximum Gasteiger partial charge on any atom is 0.322 e. The number of aryl methyl sites for hydroxylation is 1. The highest BCUT2D eigenvalue weighted by Gasteiger charge is 2.28. The van der Waals surface area contributed by atoms with Crippen LogP contribution in [0.5, 0.6) is 0 Å². The predicted octanol–water partition coefficient (Wildman–Crippen LogP) is 1.60. The van der Waals surface area contributed by atoms with Crippen molar-refractivity contribution in [1.82, 2.24) is 15.2 Å². The number of aromatic nitrogens is 2. The zero-order valence-electron chi connectivity index (χ0n) is 11.0. The van der Waals surface area contributed by atoms with E-state index in [9.17, 15) is 19.3 Å². The SMILES string of the molecule is Cc1c([N+](=O)[O-])c(C(=O)NN=Cc2ccc(F)s2)nn1C. The molecule has 0 spiro atoms. The number of rotatable bonds is 4. The van der Waals surface area contributed by atoms with Gasteiger partial charge in [-0.25, -0.2) is 5.43 Å². The molecule has 10 heteroatoms. The highest BCUT2D eigenvalue weighted by molar-refractivity contribution is 7.12. The van der Waals surface area contributed by atoms with Crippen molar-refractivity contribution in [3.63, 3.8) is 0 Å². The minimum atomic E-state index is -0.807. The van der Waals surface area contributed by atoms with Crippen LogP contribution in [0.25, 0.3) is 0 Å². The number of hydrogen-bond donors (Lipinski definition) is 1. The maximum atomic E-state index is 12.7. The molecule has 110 valence electrons. The van der Waals surface area contributed by atoms with Crippen molar-refractivity contribution < 1.29 is 14.1 Å². The third-order valence-corrected chi connectivity index (χ3v) is 3.46. The first kappa shape index (κ1) is 14.8. The number of halogens is 1. The molecule has 0 fully saturated rings. The molecule has 0 bridgehead atoms. The molecule has 1 amide bonds. The average molecular weight is 311 g/mol. The molecule has 2 rings (SSSR count). The number of hydrazone groups is 1. The Morgan fingerprint density at radius 2 is 2.33 bits per heavy atom. The van der Waals surface area contributed by atoms with Crippen molar-refractivity contribution in [2.75, 3.05) is 0 Å². The van der Waals surface area contributed by atoms with Gasteiger partial charge in [-0.2, -0.15) is 14.6 Å². The first-order valence-corrected chi connectivity index (χ1v) is 6.48. The van der Waals surface area contributed by atoms with Gasteiger partial charge in [-0.1, -0.05) is 0 Å². The summed E-state index contributed by atoms with van der Waals surface area (Å²) in [5.74, 6) is -0.807. The summed E-state index contributed by atoms with van der Waals surface area (Å²) in [7, 11) is 1.50. The van der Waals surface area contributed by atoms with Gasteiger partial charge in [0.1, 0.15) is 5.69 Å². The van der Waals surface area contributed by atoms with Crippen molar-refractivity contribution in [2.24, 2.45) is 12.1 Å². The lowest BCUT2D eigenvalue weighted by Gasteiger charge is -1.95. The molecule has 0 aliphatic heterocycles. The second kappa shape index (κ2) is 5.79. The third kappa shape index (κ3) is 3.11. The molecule has 0 atom stereocenters. The largest absolute Gasteiger partial charge is 0.322 e. The molecule has 8 nitrogen and oxygen atoms in total. The smallest absolute Gasteiger partial charge is 0.265 e. The van der Waals surface area contributed by atoms with Crippen LogP contribution in [0.4, 0.5) is 10.1 Å². The molecule has 0 aliphatic rings. The van der Waals surface area contributed by atoms with E-state index < -0.39 is 10.8 Å². The lowest BCUT2D eigenvalue weighted by atomic mass is 10.3. The number of thiophene rings is 1. The van der Waals surface area contributed by atoms with E-state index in [-0.39, 0.29) is 22.2 Å². The molecule has 0 aromatic carbocycles. The first-order chi connectivity index (χ1) is 9.90. The number of amides is 1. The summed E-state index contributed by atoms with van der Waals surface area (Å²) in [5.41, 5.74) is 1.69. The summed E-state index contributed by atoms with van der Waals surface area (Å²) >= 11 is 0.855. The fourth-order valence-corrected chi connectivity index (χ4v) is 2.18. The Morgan fingerprint density at radius 3 is 2.90 bits per heavy atom. The number of nitrogens with one attached hydrogen (secondary N) is 1. The van der Waals surface area contributed by atoms with Crippen LogP contribution in [-0.2, 0) is 7.05 Å². The summed E-state index contributed by atoms with van der Waals surface area (Å²) in [4.78, 5) is 22.6. The highest BCUT2D eigenvalue weighted by Crippen LogP contribution is 2.21. The zero-order chi connectivity index (χ0) is 15.6. The third-order valence-electron chi connectivity index (χ3n) is 2.65. The van der Waals surface area contributed by atoms with E-state index in [1.807, 2.05) is 0 Å². The normalized spacial score (nSPS) is 11.0. The predicted molar refractivity (Wildman–Crippen MR) is 73.9 cm³/mol. The van der Waals surface area contributed by atoms with Gasteiger partial charge in [0.05, 0.1) is 16.0 Å². The van der Waals surface area contributed by atoms with Crippen LogP contribution >= 0.6 is 11.3 Å². The van der Waals surface area contributed by atoms with Gasteiger partial charge >= 0.3 is 5.69 Å². The van der Waals surface area contributed by atoms with Gasteiger partial charge in [-0.05, 0) is 19.1 Å². The summed E-state index contributed by atoms with van der Waals surface area (Å²) in [6.45, 7) is 1.49.